The fourth-order valence-corrected chi connectivity index (χ4v) is 3.85. The fraction of sp³-hybridized carbons (Fsp3) is 0.300. The Morgan fingerprint density at radius 3 is 3.00 bits per heavy atom. The molecule has 80 valence electrons. The third-order valence-electron chi connectivity index (χ3n) is 1.93. The topological polar surface area (TPSA) is 22.1 Å². The highest BCUT2D eigenvalue weighted by Gasteiger charge is 2.09. The van der Waals surface area contributed by atoms with Crippen LogP contribution in [0.15, 0.2) is 21.3 Å². The van der Waals surface area contributed by atoms with Crippen molar-refractivity contribution >= 4 is 38.6 Å². The molecule has 0 saturated carbocycles. The molecule has 0 atom stereocenters. The Morgan fingerprint density at radius 1 is 1.47 bits per heavy atom. The van der Waals surface area contributed by atoms with Crippen LogP contribution in [0.3, 0.4) is 0 Å². The molecule has 2 aromatic heterocycles. The number of ether oxygens (including phenoxy) is 1. The third-order valence-corrected chi connectivity index (χ3v) is 4.81. The molecule has 0 aliphatic rings. The van der Waals surface area contributed by atoms with E-state index in [1.165, 1.54) is 4.88 Å². The van der Waals surface area contributed by atoms with Gasteiger partial charge in [0.15, 0.2) is 0 Å². The molecule has 0 fully saturated rings. The Hall–Kier alpha value is -0.230. The minimum Gasteiger partial charge on any atom is -0.384 e. The van der Waals surface area contributed by atoms with Crippen molar-refractivity contribution in [3.63, 3.8) is 0 Å². The number of rotatable bonds is 4. The Balaban J connectivity index is 2.17. The van der Waals surface area contributed by atoms with Gasteiger partial charge in [-0.05, 0) is 27.4 Å². The van der Waals surface area contributed by atoms with Crippen LogP contribution in [0, 0.1) is 0 Å². The first-order valence-electron chi connectivity index (χ1n) is 4.48. The largest absolute Gasteiger partial charge is 0.384 e. The zero-order valence-corrected chi connectivity index (χ0v) is 11.4. The van der Waals surface area contributed by atoms with E-state index >= 15 is 0 Å². The van der Waals surface area contributed by atoms with Gasteiger partial charge in [0.25, 0.3) is 0 Å². The molecular weight excluding hydrogens is 294 g/mol. The van der Waals surface area contributed by atoms with Gasteiger partial charge >= 0.3 is 0 Å². The van der Waals surface area contributed by atoms with Gasteiger partial charge in [-0.2, -0.15) is 0 Å². The number of halogens is 1. The lowest BCUT2D eigenvalue weighted by Crippen LogP contribution is -1.94. The van der Waals surface area contributed by atoms with Crippen molar-refractivity contribution in [2.24, 2.45) is 0 Å². The number of aromatic nitrogens is 1. The van der Waals surface area contributed by atoms with Crippen molar-refractivity contribution in [3.8, 4) is 9.88 Å². The van der Waals surface area contributed by atoms with E-state index in [9.17, 15) is 0 Å². The molecule has 2 nitrogen and oxygen atoms in total. The molecule has 0 radical (unpaired) electrons. The molecule has 2 rings (SSSR count). The molecule has 5 heteroatoms. The molecule has 2 heterocycles. The van der Waals surface area contributed by atoms with Gasteiger partial charge in [0.05, 0.1) is 17.2 Å². The summed E-state index contributed by atoms with van der Waals surface area (Å²) in [6.45, 7) is 0.731. The van der Waals surface area contributed by atoms with E-state index in [0.29, 0.717) is 0 Å². The van der Waals surface area contributed by atoms with Crippen LogP contribution in [0.4, 0.5) is 0 Å². The second-order valence-corrected chi connectivity index (χ2v) is 5.61. The minimum atomic E-state index is 0.731. The SMILES string of the molecule is COCCc1csc(-c2sccc2Br)n1. The molecule has 0 N–H and O–H groups in total. The smallest absolute Gasteiger partial charge is 0.134 e. The maximum absolute atomic E-state index is 5.03. The highest BCUT2D eigenvalue weighted by atomic mass is 79.9. The summed E-state index contributed by atoms with van der Waals surface area (Å²) in [7, 11) is 1.71. The van der Waals surface area contributed by atoms with Crippen molar-refractivity contribution in [2.45, 2.75) is 6.42 Å². The summed E-state index contributed by atoms with van der Waals surface area (Å²) in [5.41, 5.74) is 1.11. The second kappa shape index (κ2) is 5.21. The van der Waals surface area contributed by atoms with Crippen molar-refractivity contribution in [1.29, 1.82) is 0 Å². The van der Waals surface area contributed by atoms with E-state index in [4.69, 9.17) is 4.74 Å². The summed E-state index contributed by atoms with van der Waals surface area (Å²) < 4.78 is 6.15. The Labute approximate surface area is 105 Å². The van der Waals surface area contributed by atoms with Gasteiger partial charge < -0.3 is 4.74 Å². The molecule has 0 spiro atoms. The van der Waals surface area contributed by atoms with E-state index in [0.717, 1.165) is 28.2 Å². The number of nitrogens with zero attached hydrogens (tertiary/aromatic N) is 1. The average Bonchev–Trinajstić information content (AvgIpc) is 2.83. The van der Waals surface area contributed by atoms with Crippen LogP contribution in [-0.4, -0.2) is 18.7 Å². The molecule has 0 amide bonds. The summed E-state index contributed by atoms with van der Waals surface area (Å²) in [5, 5.41) is 5.25. The summed E-state index contributed by atoms with van der Waals surface area (Å²) in [4.78, 5) is 5.78. The van der Waals surface area contributed by atoms with E-state index in [2.05, 4.69) is 37.7 Å². The van der Waals surface area contributed by atoms with Crippen LogP contribution in [0.5, 0.6) is 0 Å². The first kappa shape index (κ1) is 11.3. The van der Waals surface area contributed by atoms with Gasteiger partial charge in [0.2, 0.25) is 0 Å². The van der Waals surface area contributed by atoms with Crippen LogP contribution < -0.4 is 0 Å². The number of thiophene rings is 1. The Bertz CT molecular complexity index is 438. The van der Waals surface area contributed by atoms with Crippen molar-refractivity contribution < 1.29 is 4.74 Å². The summed E-state index contributed by atoms with van der Waals surface area (Å²) in [6, 6.07) is 2.05. The number of hydrogen-bond donors (Lipinski definition) is 0. The standard InChI is InChI=1S/C10H10BrNOS2/c1-13-4-2-7-6-15-10(12-7)9-8(11)3-5-14-9/h3,5-6H,2,4H2,1H3. The molecule has 0 aromatic carbocycles. The monoisotopic (exact) mass is 303 g/mol. The van der Waals surface area contributed by atoms with Crippen LogP contribution in [-0.2, 0) is 11.2 Å². The maximum atomic E-state index is 5.03. The van der Waals surface area contributed by atoms with Crippen LogP contribution in [0.25, 0.3) is 9.88 Å². The van der Waals surface area contributed by atoms with Crippen LogP contribution in [0.2, 0.25) is 0 Å². The lowest BCUT2D eigenvalue weighted by Gasteiger charge is -1.94. The normalized spacial score (nSPS) is 10.8. The molecule has 0 aliphatic heterocycles. The highest BCUT2D eigenvalue weighted by molar-refractivity contribution is 9.10. The molecule has 2 aromatic rings. The molecule has 0 saturated heterocycles. The zero-order chi connectivity index (χ0) is 10.7. The van der Waals surface area contributed by atoms with E-state index in [1.54, 1.807) is 29.8 Å². The summed E-state index contributed by atoms with van der Waals surface area (Å²) >= 11 is 6.91. The van der Waals surface area contributed by atoms with E-state index in [-0.39, 0.29) is 0 Å². The lowest BCUT2D eigenvalue weighted by atomic mass is 10.3. The lowest BCUT2D eigenvalue weighted by molar-refractivity contribution is 0.201. The third kappa shape index (κ3) is 2.66. The van der Waals surface area contributed by atoms with Crippen LogP contribution in [0.1, 0.15) is 5.69 Å². The highest BCUT2D eigenvalue weighted by Crippen LogP contribution is 2.35. The van der Waals surface area contributed by atoms with Crippen molar-refractivity contribution in [1.82, 2.24) is 4.98 Å². The van der Waals surface area contributed by atoms with Gasteiger partial charge in [-0.1, -0.05) is 0 Å². The van der Waals surface area contributed by atoms with Gasteiger partial charge in [0, 0.05) is 23.4 Å². The predicted octanol–water partition coefficient (Wildman–Crippen LogP) is 3.82. The first-order chi connectivity index (χ1) is 7.31. The summed E-state index contributed by atoms with van der Waals surface area (Å²) in [5.74, 6) is 0. The van der Waals surface area contributed by atoms with Gasteiger partial charge in [0.1, 0.15) is 5.01 Å². The van der Waals surface area contributed by atoms with Gasteiger partial charge in [-0.15, -0.1) is 22.7 Å². The molecular formula is C10H10BrNOS2. The Kier molecular flexibility index (Phi) is 3.91. The van der Waals surface area contributed by atoms with Crippen LogP contribution >= 0.6 is 38.6 Å². The fourth-order valence-electron chi connectivity index (χ4n) is 1.18. The Morgan fingerprint density at radius 2 is 2.33 bits per heavy atom. The molecule has 0 aliphatic carbocycles. The second-order valence-electron chi connectivity index (χ2n) is 2.98. The summed E-state index contributed by atoms with van der Waals surface area (Å²) in [6.07, 6.45) is 0.885. The number of hydrogen-bond acceptors (Lipinski definition) is 4. The molecule has 0 bridgehead atoms. The van der Waals surface area contributed by atoms with Crippen molar-refractivity contribution in [2.75, 3.05) is 13.7 Å². The van der Waals surface area contributed by atoms with Crippen molar-refractivity contribution in [3.05, 3.63) is 27.0 Å². The zero-order valence-electron chi connectivity index (χ0n) is 8.20. The maximum Gasteiger partial charge on any atom is 0.134 e. The number of thiazole rings is 1. The average molecular weight is 304 g/mol. The van der Waals surface area contributed by atoms with E-state index < -0.39 is 0 Å². The molecule has 0 unspecified atom stereocenters. The van der Waals surface area contributed by atoms with Gasteiger partial charge in [-0.25, -0.2) is 4.98 Å². The minimum absolute atomic E-state index is 0.731. The van der Waals surface area contributed by atoms with Gasteiger partial charge in [-0.3, -0.25) is 0 Å². The first-order valence-corrected chi connectivity index (χ1v) is 7.03. The predicted molar refractivity (Wildman–Crippen MR) is 68.7 cm³/mol. The quantitative estimate of drug-likeness (QED) is 0.856. The number of methoxy groups -OCH3 is 1. The van der Waals surface area contributed by atoms with E-state index in [1.807, 2.05) is 0 Å². The molecule has 15 heavy (non-hydrogen) atoms.